The van der Waals surface area contributed by atoms with Gasteiger partial charge in [-0.2, -0.15) is 0 Å². The van der Waals surface area contributed by atoms with E-state index in [9.17, 15) is 19.5 Å². The van der Waals surface area contributed by atoms with E-state index in [0.717, 1.165) is 28.7 Å². The number of carboxylic acid groups (broad SMARTS) is 1. The third-order valence-electron chi connectivity index (χ3n) is 7.09. The number of likely N-dealkylation sites (tertiary alicyclic amines) is 1. The highest BCUT2D eigenvalue weighted by molar-refractivity contribution is 5.83. The van der Waals surface area contributed by atoms with Gasteiger partial charge in [0.15, 0.2) is 5.60 Å². The Bertz CT molecular complexity index is 1060. The van der Waals surface area contributed by atoms with Crippen molar-refractivity contribution in [3.05, 3.63) is 59.7 Å². The summed E-state index contributed by atoms with van der Waals surface area (Å²) in [5, 5.41) is 12.3. The molecule has 1 heterocycles. The zero-order valence-electron chi connectivity index (χ0n) is 20.2. The van der Waals surface area contributed by atoms with Gasteiger partial charge in [-0.05, 0) is 28.7 Å². The lowest BCUT2D eigenvalue weighted by atomic mass is 9.98. The number of carbonyl (C=O) groups excluding carboxylic acids is 2. The number of ether oxygens (including phenoxy) is 2. The SMILES string of the molecule is CCC[C@@H](CC(=O)N1CCC(OC)(C(=O)O)C1)NC(=O)OCC1c2ccccc2-c2ccccc21. The van der Waals surface area contributed by atoms with E-state index in [0.29, 0.717) is 13.0 Å². The molecule has 2 atom stereocenters. The number of rotatable bonds is 9. The highest BCUT2D eigenvalue weighted by Crippen LogP contribution is 2.44. The van der Waals surface area contributed by atoms with Crippen LogP contribution in [0.1, 0.15) is 49.7 Å². The van der Waals surface area contributed by atoms with Gasteiger partial charge in [-0.1, -0.05) is 61.9 Å². The van der Waals surface area contributed by atoms with Crippen LogP contribution in [0.2, 0.25) is 0 Å². The van der Waals surface area contributed by atoms with Crippen LogP contribution < -0.4 is 5.32 Å². The molecule has 8 heteroatoms. The lowest BCUT2D eigenvalue weighted by molar-refractivity contribution is -0.161. The van der Waals surface area contributed by atoms with Gasteiger partial charge in [0.25, 0.3) is 0 Å². The minimum atomic E-state index is -1.36. The zero-order valence-corrected chi connectivity index (χ0v) is 20.2. The van der Waals surface area contributed by atoms with E-state index >= 15 is 0 Å². The standard InChI is InChI=1S/C27H32N2O6/c1-3-8-18(15-24(30)29-14-13-27(17-29,34-2)25(31)32)28-26(33)35-16-23-21-11-6-4-9-19(21)20-10-5-7-12-22(20)23/h4-7,9-12,18,23H,3,8,13-17H2,1-2H3,(H,28,33)(H,31,32)/t18-,27?/m0/s1. The van der Waals surface area contributed by atoms with Gasteiger partial charge in [-0.3, -0.25) is 4.79 Å². The summed E-state index contributed by atoms with van der Waals surface area (Å²) in [6.45, 7) is 2.49. The molecular weight excluding hydrogens is 448 g/mol. The maximum Gasteiger partial charge on any atom is 0.407 e. The third kappa shape index (κ3) is 5.03. The molecule has 0 spiro atoms. The lowest BCUT2D eigenvalue weighted by Crippen LogP contribution is -2.45. The van der Waals surface area contributed by atoms with E-state index in [1.165, 1.54) is 12.0 Å². The molecule has 1 aliphatic carbocycles. The van der Waals surface area contributed by atoms with E-state index < -0.39 is 23.7 Å². The topological polar surface area (TPSA) is 105 Å². The average Bonchev–Trinajstić information content (AvgIpc) is 3.44. The smallest absolute Gasteiger partial charge is 0.407 e. The van der Waals surface area contributed by atoms with Crippen molar-refractivity contribution in [2.75, 3.05) is 26.8 Å². The van der Waals surface area contributed by atoms with Crippen molar-refractivity contribution in [2.24, 2.45) is 0 Å². The first-order valence-corrected chi connectivity index (χ1v) is 12.1. The van der Waals surface area contributed by atoms with Crippen LogP contribution in [0.3, 0.4) is 0 Å². The van der Waals surface area contributed by atoms with Crippen LogP contribution in [0, 0.1) is 0 Å². The average molecular weight is 481 g/mol. The molecule has 4 rings (SSSR count). The van der Waals surface area contributed by atoms with Crippen molar-refractivity contribution in [3.63, 3.8) is 0 Å². The van der Waals surface area contributed by atoms with Crippen LogP contribution in [-0.2, 0) is 19.1 Å². The van der Waals surface area contributed by atoms with Crippen molar-refractivity contribution in [3.8, 4) is 11.1 Å². The molecule has 8 nitrogen and oxygen atoms in total. The molecule has 1 aliphatic heterocycles. The second-order valence-electron chi connectivity index (χ2n) is 9.23. The molecule has 0 radical (unpaired) electrons. The van der Waals surface area contributed by atoms with Crippen molar-refractivity contribution in [1.29, 1.82) is 0 Å². The van der Waals surface area contributed by atoms with E-state index in [1.807, 2.05) is 31.2 Å². The Morgan fingerprint density at radius 2 is 1.74 bits per heavy atom. The van der Waals surface area contributed by atoms with E-state index in [4.69, 9.17) is 9.47 Å². The van der Waals surface area contributed by atoms with Gasteiger partial charge in [0.05, 0.1) is 6.54 Å². The Labute approximate surface area is 205 Å². The number of amides is 2. The van der Waals surface area contributed by atoms with Gasteiger partial charge in [0.1, 0.15) is 6.61 Å². The highest BCUT2D eigenvalue weighted by atomic mass is 16.5. The molecule has 1 fully saturated rings. The Kier molecular flexibility index (Phi) is 7.40. The number of hydrogen-bond acceptors (Lipinski definition) is 5. The molecule has 2 aliphatic rings. The Morgan fingerprint density at radius 1 is 1.11 bits per heavy atom. The normalized spacial score (nSPS) is 19.7. The molecule has 2 amide bonds. The molecule has 1 unspecified atom stereocenters. The number of nitrogens with zero attached hydrogens (tertiary/aromatic N) is 1. The Hall–Kier alpha value is -3.39. The zero-order chi connectivity index (χ0) is 25.0. The molecule has 0 saturated carbocycles. The number of nitrogens with one attached hydrogen (secondary N) is 1. The first-order valence-electron chi connectivity index (χ1n) is 12.1. The Morgan fingerprint density at radius 3 is 2.29 bits per heavy atom. The summed E-state index contributed by atoms with van der Waals surface area (Å²) in [4.78, 5) is 38.7. The summed E-state index contributed by atoms with van der Waals surface area (Å²) in [5.74, 6) is -1.32. The molecule has 1 saturated heterocycles. The lowest BCUT2D eigenvalue weighted by Gasteiger charge is -2.25. The van der Waals surface area contributed by atoms with Gasteiger partial charge in [-0.15, -0.1) is 0 Å². The second-order valence-corrected chi connectivity index (χ2v) is 9.23. The quantitative estimate of drug-likeness (QED) is 0.566. The monoisotopic (exact) mass is 480 g/mol. The number of aliphatic carboxylic acids is 1. The molecule has 35 heavy (non-hydrogen) atoms. The van der Waals surface area contributed by atoms with Crippen LogP contribution in [0.25, 0.3) is 11.1 Å². The summed E-state index contributed by atoms with van der Waals surface area (Å²) in [5.41, 5.74) is 3.22. The van der Waals surface area contributed by atoms with Crippen LogP contribution in [-0.4, -0.2) is 66.4 Å². The van der Waals surface area contributed by atoms with Crippen molar-refractivity contribution >= 4 is 18.0 Å². The number of methoxy groups -OCH3 is 1. The van der Waals surface area contributed by atoms with Crippen LogP contribution >= 0.6 is 0 Å². The van der Waals surface area contributed by atoms with Gasteiger partial charge in [0, 0.05) is 38.5 Å². The van der Waals surface area contributed by atoms with Crippen molar-refractivity contribution in [1.82, 2.24) is 10.2 Å². The number of benzene rings is 2. The summed E-state index contributed by atoms with van der Waals surface area (Å²) < 4.78 is 10.8. The summed E-state index contributed by atoms with van der Waals surface area (Å²) in [6.07, 6.45) is 1.15. The predicted molar refractivity (Wildman–Crippen MR) is 130 cm³/mol. The molecule has 186 valence electrons. The van der Waals surface area contributed by atoms with Crippen LogP contribution in [0.4, 0.5) is 4.79 Å². The minimum absolute atomic E-state index is 0.00144. The number of carboxylic acids is 1. The maximum absolute atomic E-state index is 12.9. The molecule has 2 aromatic carbocycles. The van der Waals surface area contributed by atoms with Crippen molar-refractivity contribution < 1.29 is 29.0 Å². The summed E-state index contributed by atoms with van der Waals surface area (Å²) in [7, 11) is 1.35. The van der Waals surface area contributed by atoms with Crippen LogP contribution in [0.15, 0.2) is 48.5 Å². The van der Waals surface area contributed by atoms with Gasteiger partial charge >= 0.3 is 12.1 Å². The van der Waals surface area contributed by atoms with E-state index in [-0.39, 0.29) is 37.8 Å². The van der Waals surface area contributed by atoms with E-state index in [1.54, 1.807) is 0 Å². The molecule has 0 bridgehead atoms. The number of alkyl carbamates (subject to hydrolysis) is 1. The largest absolute Gasteiger partial charge is 0.479 e. The highest BCUT2D eigenvalue weighted by Gasteiger charge is 2.46. The van der Waals surface area contributed by atoms with Gasteiger partial charge in [-0.25, -0.2) is 9.59 Å². The fraction of sp³-hybridized carbons (Fsp3) is 0.444. The number of fused-ring (bicyclic) bond motifs is 3. The number of hydrogen-bond donors (Lipinski definition) is 2. The van der Waals surface area contributed by atoms with Gasteiger partial charge in [0.2, 0.25) is 5.91 Å². The van der Waals surface area contributed by atoms with E-state index in [2.05, 4.69) is 29.6 Å². The first-order chi connectivity index (χ1) is 16.9. The maximum atomic E-state index is 12.9. The minimum Gasteiger partial charge on any atom is -0.479 e. The van der Waals surface area contributed by atoms with Gasteiger partial charge < -0.3 is 24.8 Å². The molecule has 0 aromatic heterocycles. The van der Waals surface area contributed by atoms with Crippen LogP contribution in [0.5, 0.6) is 0 Å². The Balaban J connectivity index is 1.35. The molecular formula is C27H32N2O6. The second kappa shape index (κ2) is 10.5. The molecule has 2 aromatic rings. The predicted octanol–water partition coefficient (Wildman–Crippen LogP) is 3.79. The number of carbonyl (C=O) groups is 3. The van der Waals surface area contributed by atoms with Crippen molar-refractivity contribution in [2.45, 2.75) is 50.2 Å². The fourth-order valence-corrected chi connectivity index (χ4v) is 5.14. The fourth-order valence-electron chi connectivity index (χ4n) is 5.14. The molecule has 2 N–H and O–H groups in total. The summed E-state index contributed by atoms with van der Waals surface area (Å²) in [6, 6.07) is 15.9. The first kappa shape index (κ1) is 24.7. The third-order valence-corrected chi connectivity index (χ3v) is 7.09. The summed E-state index contributed by atoms with van der Waals surface area (Å²) >= 11 is 0.